The maximum Gasteiger partial charge on any atom is 0.304 e. The molecule has 2 rings (SSSR count). The quantitative estimate of drug-likeness (QED) is 0.828. The highest BCUT2D eigenvalue weighted by atomic mass is 16.5. The molecule has 0 unspecified atom stereocenters. The molecular formula is C11H15NO3. The van der Waals surface area contributed by atoms with Gasteiger partial charge in [0.1, 0.15) is 5.76 Å². The van der Waals surface area contributed by atoms with Crippen molar-refractivity contribution in [2.45, 2.75) is 44.9 Å². The van der Waals surface area contributed by atoms with Crippen LogP contribution in [-0.4, -0.2) is 16.2 Å². The average Bonchev–Trinajstić information content (AvgIpc) is 2.40. The van der Waals surface area contributed by atoms with E-state index in [4.69, 9.17) is 9.63 Å². The topological polar surface area (TPSA) is 63.3 Å². The third kappa shape index (κ3) is 1.54. The third-order valence-corrected chi connectivity index (χ3v) is 3.36. The summed E-state index contributed by atoms with van der Waals surface area (Å²) in [6.45, 7) is 3.74. The van der Waals surface area contributed by atoms with Gasteiger partial charge in [0.05, 0.1) is 12.1 Å². The Morgan fingerprint density at radius 3 is 2.53 bits per heavy atom. The molecule has 1 heterocycles. The van der Waals surface area contributed by atoms with Gasteiger partial charge in [-0.1, -0.05) is 11.6 Å². The van der Waals surface area contributed by atoms with Crippen molar-refractivity contribution in [2.75, 3.05) is 0 Å². The van der Waals surface area contributed by atoms with Crippen LogP contribution in [0.25, 0.3) is 0 Å². The summed E-state index contributed by atoms with van der Waals surface area (Å²) >= 11 is 0. The molecule has 0 amide bonds. The Morgan fingerprint density at radius 2 is 2.20 bits per heavy atom. The Balaban J connectivity index is 2.38. The predicted octanol–water partition coefficient (Wildman–Crippen LogP) is 2.19. The Morgan fingerprint density at radius 1 is 1.53 bits per heavy atom. The lowest BCUT2D eigenvalue weighted by Gasteiger charge is -2.40. The number of rotatable bonds is 3. The van der Waals surface area contributed by atoms with Crippen LogP contribution in [0.15, 0.2) is 4.52 Å². The molecule has 1 N–H and O–H groups in total. The van der Waals surface area contributed by atoms with E-state index in [1.54, 1.807) is 0 Å². The van der Waals surface area contributed by atoms with E-state index in [9.17, 15) is 4.79 Å². The minimum Gasteiger partial charge on any atom is -0.481 e. The molecule has 0 bridgehead atoms. The van der Waals surface area contributed by atoms with E-state index in [1.807, 2.05) is 13.8 Å². The molecule has 1 aromatic rings. The van der Waals surface area contributed by atoms with Crippen molar-refractivity contribution in [3.8, 4) is 0 Å². The van der Waals surface area contributed by atoms with Gasteiger partial charge < -0.3 is 9.63 Å². The summed E-state index contributed by atoms with van der Waals surface area (Å²) < 4.78 is 5.12. The fraction of sp³-hybridized carbons (Fsp3) is 0.636. The molecule has 1 aromatic heterocycles. The van der Waals surface area contributed by atoms with Crippen molar-refractivity contribution in [3.63, 3.8) is 0 Å². The zero-order valence-corrected chi connectivity index (χ0v) is 9.04. The van der Waals surface area contributed by atoms with Crippen LogP contribution in [0.1, 0.15) is 42.7 Å². The number of aliphatic carboxylic acids is 1. The molecule has 82 valence electrons. The van der Waals surface area contributed by atoms with E-state index in [2.05, 4.69) is 5.16 Å². The number of carboxylic acid groups (broad SMARTS) is 1. The highest BCUT2D eigenvalue weighted by Gasteiger charge is 2.44. The van der Waals surface area contributed by atoms with Crippen molar-refractivity contribution in [1.82, 2.24) is 5.16 Å². The van der Waals surface area contributed by atoms with Crippen LogP contribution in [0.4, 0.5) is 0 Å². The van der Waals surface area contributed by atoms with E-state index >= 15 is 0 Å². The van der Waals surface area contributed by atoms with Crippen molar-refractivity contribution in [3.05, 3.63) is 17.0 Å². The van der Waals surface area contributed by atoms with Crippen LogP contribution < -0.4 is 0 Å². The van der Waals surface area contributed by atoms with E-state index in [0.717, 1.165) is 36.3 Å². The number of hydrogen-bond donors (Lipinski definition) is 1. The van der Waals surface area contributed by atoms with Crippen molar-refractivity contribution < 1.29 is 14.4 Å². The summed E-state index contributed by atoms with van der Waals surface area (Å²) in [5, 5.41) is 12.8. The summed E-state index contributed by atoms with van der Waals surface area (Å²) in [5.74, 6) is 0.0307. The number of aryl methyl sites for hydroxylation is 2. The first-order chi connectivity index (χ1) is 7.05. The molecule has 0 spiro atoms. The average molecular weight is 209 g/mol. The lowest BCUT2D eigenvalue weighted by atomic mass is 9.62. The Bertz CT molecular complexity index is 371. The zero-order valence-electron chi connectivity index (χ0n) is 9.04. The van der Waals surface area contributed by atoms with Crippen molar-refractivity contribution >= 4 is 5.97 Å². The monoisotopic (exact) mass is 209 g/mol. The van der Waals surface area contributed by atoms with Gasteiger partial charge in [0.2, 0.25) is 0 Å². The fourth-order valence-electron chi connectivity index (χ4n) is 2.65. The van der Waals surface area contributed by atoms with E-state index < -0.39 is 5.97 Å². The van der Waals surface area contributed by atoms with Gasteiger partial charge in [-0.3, -0.25) is 4.79 Å². The molecule has 0 aromatic carbocycles. The Labute approximate surface area is 88.3 Å². The predicted molar refractivity (Wildman–Crippen MR) is 53.8 cm³/mol. The molecule has 0 saturated heterocycles. The van der Waals surface area contributed by atoms with Crippen LogP contribution in [0, 0.1) is 13.8 Å². The summed E-state index contributed by atoms with van der Waals surface area (Å²) in [5.41, 5.74) is 1.66. The molecule has 0 radical (unpaired) electrons. The number of aromatic nitrogens is 1. The van der Waals surface area contributed by atoms with Gasteiger partial charge in [-0.2, -0.15) is 0 Å². The standard InChI is InChI=1S/C11H15NO3/c1-7-10(8(2)15-12-7)11(4-3-5-11)6-9(13)14/h3-6H2,1-2H3,(H,13,14). The minimum absolute atomic E-state index is 0.190. The molecule has 1 aliphatic carbocycles. The second-order valence-corrected chi connectivity index (χ2v) is 4.40. The first-order valence-corrected chi connectivity index (χ1v) is 5.20. The molecule has 1 aliphatic rings. The normalized spacial score (nSPS) is 18.5. The molecule has 4 heteroatoms. The first-order valence-electron chi connectivity index (χ1n) is 5.20. The number of carboxylic acids is 1. The summed E-state index contributed by atoms with van der Waals surface area (Å²) in [4.78, 5) is 10.9. The number of carbonyl (C=O) groups is 1. The smallest absolute Gasteiger partial charge is 0.304 e. The Kier molecular flexibility index (Phi) is 2.29. The molecule has 1 saturated carbocycles. The number of hydrogen-bond acceptors (Lipinski definition) is 3. The second-order valence-electron chi connectivity index (χ2n) is 4.40. The van der Waals surface area contributed by atoms with Gasteiger partial charge in [0, 0.05) is 11.0 Å². The maximum atomic E-state index is 10.9. The van der Waals surface area contributed by atoms with Crippen LogP contribution in [-0.2, 0) is 10.2 Å². The van der Waals surface area contributed by atoms with Crippen molar-refractivity contribution in [2.24, 2.45) is 0 Å². The SMILES string of the molecule is Cc1noc(C)c1C1(CC(=O)O)CCC1. The molecule has 0 atom stereocenters. The largest absolute Gasteiger partial charge is 0.481 e. The van der Waals surface area contributed by atoms with Crippen molar-refractivity contribution in [1.29, 1.82) is 0 Å². The first kappa shape index (κ1) is 10.2. The molecule has 0 aliphatic heterocycles. The van der Waals surface area contributed by atoms with Gasteiger partial charge in [0.25, 0.3) is 0 Å². The lowest BCUT2D eigenvalue weighted by molar-refractivity contribution is -0.139. The van der Waals surface area contributed by atoms with Crippen LogP contribution in [0.3, 0.4) is 0 Å². The summed E-state index contributed by atoms with van der Waals surface area (Å²) in [7, 11) is 0. The molecular weight excluding hydrogens is 194 g/mol. The second kappa shape index (κ2) is 3.36. The highest BCUT2D eigenvalue weighted by molar-refractivity contribution is 5.69. The maximum absolute atomic E-state index is 10.9. The Hall–Kier alpha value is -1.32. The summed E-state index contributed by atoms with van der Waals surface area (Å²) in [6.07, 6.45) is 3.15. The van der Waals surface area contributed by atoms with Gasteiger partial charge in [0.15, 0.2) is 0 Å². The molecule has 4 nitrogen and oxygen atoms in total. The minimum atomic E-state index is -0.741. The van der Waals surface area contributed by atoms with Gasteiger partial charge in [-0.15, -0.1) is 0 Å². The van der Waals surface area contributed by atoms with Gasteiger partial charge in [-0.05, 0) is 26.7 Å². The molecule has 15 heavy (non-hydrogen) atoms. The van der Waals surface area contributed by atoms with Crippen LogP contribution in [0.5, 0.6) is 0 Å². The fourth-order valence-corrected chi connectivity index (χ4v) is 2.65. The number of nitrogens with zero attached hydrogens (tertiary/aromatic N) is 1. The van der Waals surface area contributed by atoms with E-state index in [0.29, 0.717) is 0 Å². The highest BCUT2D eigenvalue weighted by Crippen LogP contribution is 2.48. The zero-order chi connectivity index (χ0) is 11.1. The van der Waals surface area contributed by atoms with E-state index in [1.165, 1.54) is 0 Å². The lowest BCUT2D eigenvalue weighted by Crippen LogP contribution is -2.37. The van der Waals surface area contributed by atoms with Crippen LogP contribution >= 0.6 is 0 Å². The van der Waals surface area contributed by atoms with Crippen LogP contribution in [0.2, 0.25) is 0 Å². The molecule has 1 fully saturated rings. The van der Waals surface area contributed by atoms with E-state index in [-0.39, 0.29) is 11.8 Å². The third-order valence-electron chi connectivity index (χ3n) is 3.36. The van der Waals surface area contributed by atoms with Gasteiger partial charge >= 0.3 is 5.97 Å². The summed E-state index contributed by atoms with van der Waals surface area (Å²) in [6, 6.07) is 0. The van der Waals surface area contributed by atoms with Gasteiger partial charge in [-0.25, -0.2) is 0 Å².